The molecule has 0 fully saturated rings. The number of carbonyl (C=O) groups is 5. The maximum absolute atomic E-state index is 12.6. The van der Waals surface area contributed by atoms with E-state index in [2.05, 4.69) is 16.0 Å². The number of ether oxygens (including phenoxy) is 5. The molecular formula is C40H77N5O10. The summed E-state index contributed by atoms with van der Waals surface area (Å²) in [5.41, 5.74) is 11.8. The van der Waals surface area contributed by atoms with Gasteiger partial charge in [-0.3, -0.25) is 24.0 Å². The Morgan fingerprint density at radius 3 is 1.67 bits per heavy atom. The number of rotatable bonds is 27. The molecular weight excluding hydrogens is 710 g/mol. The normalized spacial score (nSPS) is 10.9. The van der Waals surface area contributed by atoms with Crippen molar-refractivity contribution in [2.24, 2.45) is 17.4 Å². The van der Waals surface area contributed by atoms with Gasteiger partial charge in [-0.05, 0) is 37.3 Å². The van der Waals surface area contributed by atoms with Crippen LogP contribution in [0.3, 0.4) is 0 Å². The van der Waals surface area contributed by atoms with Gasteiger partial charge < -0.3 is 51.1 Å². The van der Waals surface area contributed by atoms with Crippen molar-refractivity contribution >= 4 is 29.6 Å². The molecule has 0 saturated carbocycles. The third kappa shape index (κ3) is 39.9. The molecule has 0 heterocycles. The molecule has 2 atom stereocenters. The van der Waals surface area contributed by atoms with Gasteiger partial charge in [0.1, 0.15) is 18.7 Å². The third-order valence-corrected chi connectivity index (χ3v) is 6.54. The monoisotopic (exact) mass is 788 g/mol. The summed E-state index contributed by atoms with van der Waals surface area (Å²) in [6, 6.07) is 7.96. The molecule has 4 amide bonds. The van der Waals surface area contributed by atoms with E-state index in [1.807, 2.05) is 78.8 Å². The van der Waals surface area contributed by atoms with Crippen LogP contribution in [0.5, 0.6) is 0 Å². The molecule has 322 valence electrons. The Hall–Kier alpha value is -3.63. The van der Waals surface area contributed by atoms with Crippen LogP contribution in [0, 0.1) is 5.92 Å². The van der Waals surface area contributed by atoms with E-state index < -0.39 is 23.9 Å². The number of nitrogens with two attached hydrogens (primary N) is 2. The lowest BCUT2D eigenvalue weighted by molar-refractivity contribution is -0.142. The second kappa shape index (κ2) is 44.8. The van der Waals surface area contributed by atoms with Crippen LogP contribution >= 0.6 is 0 Å². The third-order valence-electron chi connectivity index (χ3n) is 6.54. The number of nitrogens with one attached hydrogen (secondary N) is 3. The Morgan fingerprint density at radius 2 is 1.22 bits per heavy atom. The Labute approximate surface area is 332 Å². The number of hydrogen-bond donors (Lipinski definition) is 5. The van der Waals surface area contributed by atoms with Gasteiger partial charge in [-0.2, -0.15) is 0 Å². The van der Waals surface area contributed by atoms with E-state index in [1.165, 1.54) is 6.92 Å². The number of primary amides is 1. The largest absolute Gasteiger partial charge is 0.461 e. The topological polar surface area (TPSA) is 220 Å². The fourth-order valence-electron chi connectivity index (χ4n) is 3.91. The van der Waals surface area contributed by atoms with Crippen LogP contribution in [0.2, 0.25) is 0 Å². The summed E-state index contributed by atoms with van der Waals surface area (Å²) in [7, 11) is 0. The summed E-state index contributed by atoms with van der Waals surface area (Å²) in [4.78, 5) is 58.1. The minimum Gasteiger partial charge on any atom is -0.461 e. The summed E-state index contributed by atoms with van der Waals surface area (Å²) in [5.74, 6) is -1.84. The number of amides is 4. The lowest BCUT2D eigenvalue weighted by atomic mass is 10.0. The lowest BCUT2D eigenvalue weighted by Crippen LogP contribution is -2.54. The summed E-state index contributed by atoms with van der Waals surface area (Å²) in [5, 5.41) is 8.06. The molecule has 0 saturated heterocycles. The zero-order valence-electron chi connectivity index (χ0n) is 35.7. The Bertz CT molecular complexity index is 1050. The maximum atomic E-state index is 12.6. The maximum Gasteiger partial charge on any atom is 0.302 e. The summed E-state index contributed by atoms with van der Waals surface area (Å²) in [6.07, 6.45) is 2.31. The summed E-state index contributed by atoms with van der Waals surface area (Å²) in [6.45, 7) is 23.2. The van der Waals surface area contributed by atoms with E-state index in [0.29, 0.717) is 85.2 Å². The minimum absolute atomic E-state index is 0.0341. The predicted molar refractivity (Wildman–Crippen MR) is 218 cm³/mol. The highest BCUT2D eigenvalue weighted by atomic mass is 16.6. The molecule has 7 N–H and O–H groups in total. The average Bonchev–Trinajstić information content (AvgIpc) is 3.19. The van der Waals surface area contributed by atoms with Crippen molar-refractivity contribution < 1.29 is 47.7 Å². The van der Waals surface area contributed by atoms with Gasteiger partial charge in [0.15, 0.2) is 0 Å². The molecule has 55 heavy (non-hydrogen) atoms. The first-order chi connectivity index (χ1) is 26.5. The fraction of sp³-hybridized carbons (Fsp3) is 0.725. The highest BCUT2D eigenvalue weighted by Crippen LogP contribution is 2.05. The zero-order chi connectivity index (χ0) is 42.7. The molecule has 0 aromatic heterocycles. The van der Waals surface area contributed by atoms with E-state index in [9.17, 15) is 24.0 Å². The first-order valence-electron chi connectivity index (χ1n) is 19.9. The van der Waals surface area contributed by atoms with Crippen LogP contribution in [0.4, 0.5) is 0 Å². The number of hydrogen-bond acceptors (Lipinski definition) is 11. The van der Waals surface area contributed by atoms with E-state index in [-0.39, 0.29) is 36.7 Å². The van der Waals surface area contributed by atoms with Crippen LogP contribution in [0.1, 0.15) is 107 Å². The molecule has 1 aromatic rings. The van der Waals surface area contributed by atoms with E-state index in [4.69, 9.17) is 35.2 Å². The smallest absolute Gasteiger partial charge is 0.302 e. The SMILES string of the molecule is CC.CC.CC.CC(=O)OCc1ccccc1.CCCC(=O)NCCOCCOCCOCCOCCC(=O)NC(C(=O)NC(CCCN)C(N)=O)C(C)C. The van der Waals surface area contributed by atoms with Crippen molar-refractivity contribution in [2.45, 2.75) is 120 Å². The van der Waals surface area contributed by atoms with Gasteiger partial charge >= 0.3 is 5.97 Å². The van der Waals surface area contributed by atoms with Crippen molar-refractivity contribution in [1.29, 1.82) is 0 Å². The molecule has 0 bridgehead atoms. The van der Waals surface area contributed by atoms with Crippen LogP contribution in [-0.2, 0) is 54.3 Å². The Morgan fingerprint density at radius 1 is 0.709 bits per heavy atom. The van der Waals surface area contributed by atoms with Crippen LogP contribution in [-0.4, -0.2) is 108 Å². The van der Waals surface area contributed by atoms with Crippen molar-refractivity contribution in [3.05, 3.63) is 35.9 Å². The van der Waals surface area contributed by atoms with E-state index in [1.54, 1.807) is 13.8 Å². The Balaban J connectivity index is -0.000000633. The highest BCUT2D eigenvalue weighted by Gasteiger charge is 2.27. The van der Waals surface area contributed by atoms with Crippen molar-refractivity contribution in [1.82, 2.24) is 16.0 Å². The summed E-state index contributed by atoms with van der Waals surface area (Å²) < 4.78 is 26.4. The van der Waals surface area contributed by atoms with Gasteiger partial charge in [0, 0.05) is 26.3 Å². The molecule has 1 aromatic carbocycles. The molecule has 1 rings (SSSR count). The molecule has 0 spiro atoms. The van der Waals surface area contributed by atoms with Crippen LogP contribution in [0.15, 0.2) is 30.3 Å². The standard InChI is InChI=1S/C25H49N5O8.C9H10O2.3C2H6/c1-4-6-21(31)28-10-12-36-14-16-38-18-17-37-15-13-35-11-8-22(32)30-23(19(2)3)25(34)29-20(24(27)33)7-5-9-26;1-8(10)11-7-9-5-3-2-4-6-9;3*1-2/h19-20,23H,4-18,26H2,1-3H3,(H2,27,33)(H,28,31)(H,29,34)(H,30,32);2-6H,7H2,1H3;3*1-2H3. The molecule has 0 aliphatic carbocycles. The average molecular weight is 788 g/mol. The van der Waals surface area contributed by atoms with Crippen LogP contribution < -0.4 is 27.4 Å². The van der Waals surface area contributed by atoms with Crippen molar-refractivity contribution in [3.63, 3.8) is 0 Å². The van der Waals surface area contributed by atoms with Gasteiger partial charge in [-0.15, -0.1) is 0 Å². The first-order valence-corrected chi connectivity index (χ1v) is 19.9. The van der Waals surface area contributed by atoms with Gasteiger partial charge in [0.2, 0.25) is 23.6 Å². The molecule has 2 unspecified atom stereocenters. The van der Waals surface area contributed by atoms with Crippen molar-refractivity contribution in [3.8, 4) is 0 Å². The van der Waals surface area contributed by atoms with Gasteiger partial charge in [0.25, 0.3) is 0 Å². The van der Waals surface area contributed by atoms with Gasteiger partial charge in [-0.1, -0.05) is 92.6 Å². The molecule has 15 nitrogen and oxygen atoms in total. The van der Waals surface area contributed by atoms with E-state index >= 15 is 0 Å². The minimum atomic E-state index is -0.831. The Kier molecular flexibility index (Phi) is 47.3. The molecule has 0 aliphatic rings. The predicted octanol–water partition coefficient (Wildman–Crippen LogP) is 4.04. The number of benzene rings is 1. The highest BCUT2D eigenvalue weighted by molar-refractivity contribution is 5.91. The van der Waals surface area contributed by atoms with E-state index in [0.717, 1.165) is 12.0 Å². The first kappa shape index (κ1) is 58.1. The second-order valence-electron chi connectivity index (χ2n) is 11.2. The second-order valence-corrected chi connectivity index (χ2v) is 11.2. The lowest BCUT2D eigenvalue weighted by Gasteiger charge is -2.24. The molecule has 0 radical (unpaired) electrons. The molecule has 0 aliphatic heterocycles. The number of esters is 1. The van der Waals surface area contributed by atoms with Crippen molar-refractivity contribution in [2.75, 3.05) is 65.9 Å². The van der Waals surface area contributed by atoms with Gasteiger partial charge in [0.05, 0.1) is 52.9 Å². The quantitative estimate of drug-likeness (QED) is 0.0633. The van der Waals surface area contributed by atoms with Gasteiger partial charge in [-0.25, -0.2) is 0 Å². The molecule has 15 heteroatoms. The fourth-order valence-corrected chi connectivity index (χ4v) is 3.91. The zero-order valence-corrected chi connectivity index (χ0v) is 35.7. The number of carbonyl (C=O) groups excluding carboxylic acids is 5. The van der Waals surface area contributed by atoms with Crippen LogP contribution in [0.25, 0.3) is 0 Å². The summed E-state index contributed by atoms with van der Waals surface area (Å²) >= 11 is 0.